The Morgan fingerprint density at radius 2 is 1.90 bits per heavy atom. The number of aromatic nitrogens is 4. The number of benzene rings is 1. The molecule has 7 nitrogen and oxygen atoms in total. The molecular weight excluding hydrogens is 385 g/mol. The van der Waals surface area contributed by atoms with Crippen molar-refractivity contribution < 1.29 is 18.0 Å². The van der Waals surface area contributed by atoms with E-state index in [1.165, 1.54) is 0 Å². The lowest BCUT2D eigenvalue weighted by atomic mass is 10.1. The number of alkyl halides is 3. The normalized spacial score (nSPS) is 17.3. The van der Waals surface area contributed by atoms with Crippen LogP contribution in [0.1, 0.15) is 29.1 Å². The molecule has 0 aliphatic carbocycles. The lowest BCUT2D eigenvalue weighted by Crippen LogP contribution is -2.33. The third-order valence-electron chi connectivity index (χ3n) is 4.81. The van der Waals surface area contributed by atoms with Crippen LogP contribution in [0.15, 0.2) is 30.3 Å². The maximum atomic E-state index is 13.0. The first-order valence-corrected chi connectivity index (χ1v) is 9.13. The molecule has 10 heteroatoms. The molecular formula is C19H19F3N6O. The van der Waals surface area contributed by atoms with Gasteiger partial charge in [0.2, 0.25) is 5.91 Å². The Morgan fingerprint density at radius 3 is 2.59 bits per heavy atom. The van der Waals surface area contributed by atoms with Gasteiger partial charge in [0.1, 0.15) is 11.9 Å². The highest BCUT2D eigenvalue weighted by molar-refractivity contribution is 5.86. The average Bonchev–Trinajstić information content (AvgIpc) is 3.22. The van der Waals surface area contributed by atoms with Crippen molar-refractivity contribution >= 4 is 17.5 Å². The molecule has 29 heavy (non-hydrogen) atoms. The molecule has 1 unspecified atom stereocenters. The number of hydrogen-bond donors (Lipinski definition) is 1. The van der Waals surface area contributed by atoms with Crippen molar-refractivity contribution in [3.05, 3.63) is 53.0 Å². The SMILES string of the molecule is Cc1ccc(CN2CCC(Nc3cc(C)nc4nc(C(F)(F)F)nn34)C2=O)cc1. The summed E-state index contributed by atoms with van der Waals surface area (Å²) in [7, 11) is 0. The number of likely N-dealkylation sites (tertiary alicyclic amines) is 1. The van der Waals surface area contributed by atoms with Crippen LogP contribution in [0, 0.1) is 13.8 Å². The molecule has 1 aliphatic heterocycles. The van der Waals surface area contributed by atoms with Crippen LogP contribution in [-0.2, 0) is 17.5 Å². The molecule has 1 fully saturated rings. The molecule has 1 aromatic carbocycles. The van der Waals surface area contributed by atoms with Gasteiger partial charge in [-0.1, -0.05) is 29.8 Å². The van der Waals surface area contributed by atoms with Gasteiger partial charge >= 0.3 is 6.18 Å². The largest absolute Gasteiger partial charge is 0.453 e. The summed E-state index contributed by atoms with van der Waals surface area (Å²) in [5, 5.41) is 6.54. The summed E-state index contributed by atoms with van der Waals surface area (Å²) in [4.78, 5) is 22.0. The Morgan fingerprint density at radius 1 is 1.17 bits per heavy atom. The van der Waals surface area contributed by atoms with Crippen molar-refractivity contribution in [3.63, 3.8) is 0 Å². The molecule has 3 heterocycles. The number of nitrogens with one attached hydrogen (secondary N) is 1. The predicted molar refractivity (Wildman–Crippen MR) is 99.1 cm³/mol. The second-order valence-corrected chi connectivity index (χ2v) is 7.16. The highest BCUT2D eigenvalue weighted by atomic mass is 19.4. The summed E-state index contributed by atoms with van der Waals surface area (Å²) in [6, 6.07) is 8.94. The van der Waals surface area contributed by atoms with Gasteiger partial charge in [-0.25, -0.2) is 4.98 Å². The van der Waals surface area contributed by atoms with E-state index in [0.29, 0.717) is 25.2 Å². The van der Waals surface area contributed by atoms with Crippen molar-refractivity contribution in [2.75, 3.05) is 11.9 Å². The Bertz CT molecular complexity index is 1060. The molecule has 4 rings (SSSR count). The minimum absolute atomic E-state index is 0.107. The van der Waals surface area contributed by atoms with Crippen LogP contribution in [-0.4, -0.2) is 43.0 Å². The van der Waals surface area contributed by atoms with Crippen LogP contribution in [0.4, 0.5) is 19.0 Å². The second kappa shape index (κ2) is 7.02. The van der Waals surface area contributed by atoms with Gasteiger partial charge in [-0.05, 0) is 25.8 Å². The topological polar surface area (TPSA) is 75.4 Å². The van der Waals surface area contributed by atoms with E-state index in [2.05, 4.69) is 20.4 Å². The molecule has 0 spiro atoms. The molecule has 3 aromatic rings. The van der Waals surface area contributed by atoms with E-state index in [9.17, 15) is 18.0 Å². The summed E-state index contributed by atoms with van der Waals surface area (Å²) in [6.07, 6.45) is -4.14. The first-order chi connectivity index (χ1) is 13.7. The van der Waals surface area contributed by atoms with Gasteiger partial charge in [0.05, 0.1) is 0 Å². The monoisotopic (exact) mass is 404 g/mol. The zero-order valence-corrected chi connectivity index (χ0v) is 15.9. The van der Waals surface area contributed by atoms with Crippen LogP contribution < -0.4 is 5.32 Å². The molecule has 2 aromatic heterocycles. The smallest absolute Gasteiger partial charge is 0.358 e. The van der Waals surface area contributed by atoms with Crippen molar-refractivity contribution in [2.24, 2.45) is 0 Å². The molecule has 0 saturated carbocycles. The summed E-state index contributed by atoms with van der Waals surface area (Å²) < 4.78 is 39.9. The fourth-order valence-corrected chi connectivity index (χ4v) is 3.33. The fourth-order valence-electron chi connectivity index (χ4n) is 3.33. The number of aryl methyl sites for hydroxylation is 2. The van der Waals surface area contributed by atoms with Gasteiger partial charge in [0.15, 0.2) is 0 Å². The minimum atomic E-state index is -4.67. The molecule has 1 N–H and O–H groups in total. The summed E-state index contributed by atoms with van der Waals surface area (Å²) in [6.45, 7) is 4.69. The average molecular weight is 404 g/mol. The van der Waals surface area contributed by atoms with Crippen LogP contribution in [0.2, 0.25) is 0 Å². The van der Waals surface area contributed by atoms with E-state index in [0.717, 1.165) is 15.6 Å². The molecule has 1 aliphatic rings. The van der Waals surface area contributed by atoms with E-state index in [4.69, 9.17) is 0 Å². The zero-order valence-electron chi connectivity index (χ0n) is 15.9. The maximum absolute atomic E-state index is 13.0. The summed E-state index contributed by atoms with van der Waals surface area (Å²) >= 11 is 0. The third kappa shape index (κ3) is 3.87. The number of halogens is 3. The van der Waals surface area contributed by atoms with Crippen LogP contribution in [0.5, 0.6) is 0 Å². The first-order valence-electron chi connectivity index (χ1n) is 9.13. The number of amides is 1. The quantitative estimate of drug-likeness (QED) is 0.724. The number of rotatable bonds is 4. The van der Waals surface area contributed by atoms with Crippen molar-refractivity contribution in [3.8, 4) is 0 Å². The van der Waals surface area contributed by atoms with E-state index < -0.39 is 18.0 Å². The standard InChI is InChI=1S/C19H19F3N6O/c1-11-3-5-13(6-4-11)10-27-8-7-14(16(27)29)24-15-9-12(2)23-18-25-17(19(20,21)22)26-28(15)18/h3-6,9,14,24H,7-8,10H2,1-2H3. The van der Waals surface area contributed by atoms with Gasteiger partial charge in [-0.2, -0.15) is 22.7 Å². The van der Waals surface area contributed by atoms with E-state index in [1.54, 1.807) is 17.9 Å². The second-order valence-electron chi connectivity index (χ2n) is 7.16. The van der Waals surface area contributed by atoms with E-state index in [-0.39, 0.29) is 17.5 Å². The van der Waals surface area contributed by atoms with Gasteiger partial charge in [0.25, 0.3) is 11.6 Å². The number of hydrogen-bond acceptors (Lipinski definition) is 5. The van der Waals surface area contributed by atoms with Crippen LogP contribution in [0.25, 0.3) is 5.78 Å². The Hall–Kier alpha value is -3.17. The van der Waals surface area contributed by atoms with Crippen molar-refractivity contribution in [1.29, 1.82) is 0 Å². The highest BCUT2D eigenvalue weighted by Crippen LogP contribution is 2.27. The number of anilines is 1. The first kappa shape index (κ1) is 19.2. The maximum Gasteiger partial charge on any atom is 0.453 e. The lowest BCUT2D eigenvalue weighted by molar-refractivity contribution is -0.144. The molecule has 0 radical (unpaired) electrons. The van der Waals surface area contributed by atoms with Crippen LogP contribution in [0.3, 0.4) is 0 Å². The summed E-state index contributed by atoms with van der Waals surface area (Å²) in [5.74, 6) is -1.28. The summed E-state index contributed by atoms with van der Waals surface area (Å²) in [5.41, 5.74) is 2.64. The van der Waals surface area contributed by atoms with E-state index >= 15 is 0 Å². The Labute approximate surface area is 164 Å². The Kier molecular flexibility index (Phi) is 4.64. The minimum Gasteiger partial charge on any atom is -0.358 e. The van der Waals surface area contributed by atoms with Gasteiger partial charge < -0.3 is 10.2 Å². The zero-order chi connectivity index (χ0) is 20.8. The number of carbonyl (C=O) groups excluding carboxylic acids is 1. The van der Waals surface area contributed by atoms with Crippen molar-refractivity contribution in [1.82, 2.24) is 24.5 Å². The van der Waals surface area contributed by atoms with Crippen molar-refractivity contribution in [2.45, 2.75) is 39.0 Å². The highest BCUT2D eigenvalue weighted by Gasteiger charge is 2.37. The Balaban J connectivity index is 1.54. The molecule has 1 atom stereocenters. The molecule has 1 amide bonds. The van der Waals surface area contributed by atoms with Gasteiger partial charge in [-0.15, -0.1) is 5.10 Å². The van der Waals surface area contributed by atoms with E-state index in [1.807, 2.05) is 31.2 Å². The van der Waals surface area contributed by atoms with Gasteiger partial charge in [-0.3, -0.25) is 4.79 Å². The number of fused-ring (bicyclic) bond motifs is 1. The van der Waals surface area contributed by atoms with Crippen LogP contribution >= 0.6 is 0 Å². The number of carbonyl (C=O) groups is 1. The molecule has 152 valence electrons. The molecule has 1 saturated heterocycles. The third-order valence-corrected chi connectivity index (χ3v) is 4.81. The predicted octanol–water partition coefficient (Wildman–Crippen LogP) is 2.97. The fraction of sp³-hybridized carbons (Fsp3) is 0.368. The lowest BCUT2D eigenvalue weighted by Gasteiger charge is -2.18. The van der Waals surface area contributed by atoms with Gasteiger partial charge in [0, 0.05) is 24.8 Å². The number of nitrogens with zero attached hydrogens (tertiary/aromatic N) is 5. The molecule has 0 bridgehead atoms.